The van der Waals surface area contributed by atoms with E-state index in [0.717, 1.165) is 28.8 Å². The van der Waals surface area contributed by atoms with Crippen molar-refractivity contribution in [3.8, 4) is 11.5 Å². The maximum atomic E-state index is 12.4. The number of benzene rings is 3. The number of aryl methyl sites for hydroxylation is 3. The summed E-state index contributed by atoms with van der Waals surface area (Å²) in [6.45, 7) is 6.22. The second-order valence-corrected chi connectivity index (χ2v) is 7.01. The zero-order chi connectivity index (χ0) is 19.7. The van der Waals surface area contributed by atoms with Gasteiger partial charge in [0, 0.05) is 16.8 Å². The minimum atomic E-state index is -0.122. The molecule has 0 atom stereocenters. The molecule has 4 heteroatoms. The minimum Gasteiger partial charge on any atom is -0.436 e. The smallest absolute Gasteiger partial charge is 0.255 e. The van der Waals surface area contributed by atoms with Crippen molar-refractivity contribution in [2.24, 2.45) is 0 Å². The SMILES string of the molecule is CCc1ccc(C(=O)Nc2ccc(-c3nc4cc(C)c(C)cc4o3)cc2)cc1. The standard InChI is InChI=1S/C24H22N2O2/c1-4-17-5-7-18(8-6-17)23(27)25-20-11-9-19(10-12-20)24-26-21-13-15(2)16(3)14-22(21)28-24/h5-14H,4H2,1-3H3,(H,25,27). The van der Waals surface area contributed by atoms with Gasteiger partial charge in [-0.1, -0.05) is 19.1 Å². The van der Waals surface area contributed by atoms with Gasteiger partial charge in [-0.2, -0.15) is 0 Å². The number of carbonyl (C=O) groups is 1. The number of nitrogens with one attached hydrogen (secondary N) is 1. The van der Waals surface area contributed by atoms with Crippen LogP contribution in [-0.2, 0) is 6.42 Å². The fourth-order valence-corrected chi connectivity index (χ4v) is 3.09. The average Bonchev–Trinajstić information content (AvgIpc) is 3.11. The highest BCUT2D eigenvalue weighted by molar-refractivity contribution is 6.04. The average molecular weight is 370 g/mol. The molecule has 1 heterocycles. The molecule has 3 aromatic carbocycles. The summed E-state index contributed by atoms with van der Waals surface area (Å²) in [5, 5.41) is 2.93. The number of anilines is 1. The number of hydrogen-bond acceptors (Lipinski definition) is 3. The molecule has 0 aliphatic rings. The normalized spacial score (nSPS) is 11.0. The lowest BCUT2D eigenvalue weighted by atomic mass is 10.1. The number of amides is 1. The van der Waals surface area contributed by atoms with Crippen LogP contribution in [0.2, 0.25) is 0 Å². The van der Waals surface area contributed by atoms with Crippen molar-refractivity contribution in [3.63, 3.8) is 0 Å². The van der Waals surface area contributed by atoms with E-state index in [9.17, 15) is 4.79 Å². The van der Waals surface area contributed by atoms with E-state index < -0.39 is 0 Å². The fourth-order valence-electron chi connectivity index (χ4n) is 3.09. The van der Waals surface area contributed by atoms with Gasteiger partial charge < -0.3 is 9.73 Å². The van der Waals surface area contributed by atoms with E-state index in [2.05, 4.69) is 31.1 Å². The Morgan fingerprint density at radius 3 is 2.32 bits per heavy atom. The molecule has 0 unspecified atom stereocenters. The van der Waals surface area contributed by atoms with Crippen LogP contribution in [0.1, 0.15) is 34.0 Å². The molecular weight excluding hydrogens is 348 g/mol. The molecule has 0 bridgehead atoms. The summed E-state index contributed by atoms with van der Waals surface area (Å²) in [4.78, 5) is 17.0. The number of nitrogens with zero attached hydrogens (tertiary/aromatic N) is 1. The van der Waals surface area contributed by atoms with Crippen molar-refractivity contribution in [1.82, 2.24) is 4.98 Å². The molecular formula is C24H22N2O2. The van der Waals surface area contributed by atoms with Crippen molar-refractivity contribution in [3.05, 3.63) is 82.9 Å². The van der Waals surface area contributed by atoms with Crippen molar-refractivity contribution in [2.45, 2.75) is 27.2 Å². The van der Waals surface area contributed by atoms with Crippen molar-refractivity contribution >= 4 is 22.7 Å². The van der Waals surface area contributed by atoms with Crippen LogP contribution in [0.4, 0.5) is 5.69 Å². The molecule has 4 nitrogen and oxygen atoms in total. The van der Waals surface area contributed by atoms with E-state index in [0.29, 0.717) is 11.5 Å². The van der Waals surface area contributed by atoms with E-state index in [4.69, 9.17) is 4.42 Å². The van der Waals surface area contributed by atoms with E-state index in [1.54, 1.807) is 0 Å². The molecule has 0 saturated carbocycles. The van der Waals surface area contributed by atoms with Gasteiger partial charge in [-0.3, -0.25) is 4.79 Å². The monoisotopic (exact) mass is 370 g/mol. The molecule has 0 aliphatic carbocycles. The van der Waals surface area contributed by atoms with Gasteiger partial charge >= 0.3 is 0 Å². The molecule has 4 rings (SSSR count). The van der Waals surface area contributed by atoms with Gasteiger partial charge in [0.25, 0.3) is 5.91 Å². The third kappa shape index (κ3) is 3.54. The Kier molecular flexibility index (Phi) is 4.70. The molecule has 0 saturated heterocycles. The largest absolute Gasteiger partial charge is 0.436 e. The summed E-state index contributed by atoms with van der Waals surface area (Å²) >= 11 is 0. The molecule has 28 heavy (non-hydrogen) atoms. The van der Waals surface area contributed by atoms with Crippen LogP contribution < -0.4 is 5.32 Å². The summed E-state index contributed by atoms with van der Waals surface area (Å²) in [7, 11) is 0. The molecule has 1 amide bonds. The lowest BCUT2D eigenvalue weighted by Gasteiger charge is -2.06. The minimum absolute atomic E-state index is 0.122. The first-order valence-electron chi connectivity index (χ1n) is 9.42. The number of carbonyl (C=O) groups excluding carboxylic acids is 1. The van der Waals surface area contributed by atoms with E-state index in [1.165, 1.54) is 16.7 Å². The van der Waals surface area contributed by atoms with E-state index in [-0.39, 0.29) is 5.91 Å². The number of fused-ring (bicyclic) bond motifs is 1. The number of hydrogen-bond donors (Lipinski definition) is 1. The fraction of sp³-hybridized carbons (Fsp3) is 0.167. The molecule has 0 spiro atoms. The highest BCUT2D eigenvalue weighted by atomic mass is 16.3. The Balaban J connectivity index is 1.52. The van der Waals surface area contributed by atoms with Gasteiger partial charge in [0.2, 0.25) is 5.89 Å². The van der Waals surface area contributed by atoms with E-state index >= 15 is 0 Å². The first-order valence-corrected chi connectivity index (χ1v) is 9.42. The van der Waals surface area contributed by atoms with Gasteiger partial charge in [0.15, 0.2) is 5.58 Å². The Labute approximate surface area is 164 Å². The van der Waals surface area contributed by atoms with Crippen LogP contribution in [0.15, 0.2) is 65.1 Å². The summed E-state index contributed by atoms with van der Waals surface area (Å²) in [5.41, 5.74) is 7.47. The highest BCUT2D eigenvalue weighted by Gasteiger charge is 2.11. The third-order valence-electron chi connectivity index (χ3n) is 5.02. The topological polar surface area (TPSA) is 55.1 Å². The predicted molar refractivity (Wildman–Crippen MR) is 113 cm³/mol. The Morgan fingerprint density at radius 1 is 0.964 bits per heavy atom. The molecule has 4 aromatic rings. The summed E-state index contributed by atoms with van der Waals surface area (Å²) < 4.78 is 5.90. The van der Waals surface area contributed by atoms with Crippen molar-refractivity contribution in [1.29, 1.82) is 0 Å². The van der Waals surface area contributed by atoms with E-state index in [1.807, 2.05) is 60.7 Å². The lowest BCUT2D eigenvalue weighted by molar-refractivity contribution is 0.102. The van der Waals surface area contributed by atoms with Crippen LogP contribution in [-0.4, -0.2) is 10.9 Å². The maximum Gasteiger partial charge on any atom is 0.255 e. The highest BCUT2D eigenvalue weighted by Crippen LogP contribution is 2.27. The summed E-state index contributed by atoms with van der Waals surface area (Å²) in [5.74, 6) is 0.455. The van der Waals surface area contributed by atoms with Crippen LogP contribution >= 0.6 is 0 Å². The molecule has 1 aromatic heterocycles. The molecule has 0 aliphatic heterocycles. The molecule has 140 valence electrons. The van der Waals surface area contributed by atoms with Gasteiger partial charge in [0.1, 0.15) is 5.52 Å². The number of aromatic nitrogens is 1. The van der Waals surface area contributed by atoms with Crippen LogP contribution in [0.25, 0.3) is 22.6 Å². The number of rotatable bonds is 4. The second kappa shape index (κ2) is 7.31. The van der Waals surface area contributed by atoms with Crippen LogP contribution in [0, 0.1) is 13.8 Å². The maximum absolute atomic E-state index is 12.4. The van der Waals surface area contributed by atoms with Gasteiger partial charge in [0.05, 0.1) is 0 Å². The van der Waals surface area contributed by atoms with Gasteiger partial charge in [-0.15, -0.1) is 0 Å². The van der Waals surface area contributed by atoms with Crippen molar-refractivity contribution < 1.29 is 9.21 Å². The first kappa shape index (κ1) is 18.0. The Morgan fingerprint density at radius 2 is 1.64 bits per heavy atom. The second-order valence-electron chi connectivity index (χ2n) is 7.01. The zero-order valence-corrected chi connectivity index (χ0v) is 16.2. The molecule has 0 radical (unpaired) electrons. The first-order chi connectivity index (χ1) is 13.5. The summed E-state index contributed by atoms with van der Waals surface area (Å²) in [6, 6.07) is 19.2. The molecule has 0 fully saturated rings. The zero-order valence-electron chi connectivity index (χ0n) is 16.2. The predicted octanol–water partition coefficient (Wildman–Crippen LogP) is 5.93. The Hall–Kier alpha value is -3.40. The van der Waals surface area contributed by atoms with Gasteiger partial charge in [-0.25, -0.2) is 4.98 Å². The lowest BCUT2D eigenvalue weighted by Crippen LogP contribution is -2.11. The molecule has 1 N–H and O–H groups in total. The number of oxazole rings is 1. The third-order valence-corrected chi connectivity index (χ3v) is 5.02. The summed E-state index contributed by atoms with van der Waals surface area (Å²) in [6.07, 6.45) is 0.957. The van der Waals surface area contributed by atoms with Crippen LogP contribution in [0.5, 0.6) is 0 Å². The van der Waals surface area contributed by atoms with Crippen molar-refractivity contribution in [2.75, 3.05) is 5.32 Å². The van der Waals surface area contributed by atoms with Gasteiger partial charge in [-0.05, 0) is 85.5 Å². The quantitative estimate of drug-likeness (QED) is 0.485. The van der Waals surface area contributed by atoms with Crippen LogP contribution in [0.3, 0.4) is 0 Å². The Bertz CT molecular complexity index is 1100.